The molecule has 0 N–H and O–H groups in total. The molecule has 0 saturated carbocycles. The highest BCUT2D eigenvalue weighted by atomic mass is 16.6. The number of hydrogen-bond donors (Lipinski definition) is 0. The highest BCUT2D eigenvalue weighted by Gasteiger charge is 2.19. The fourth-order valence-electron chi connectivity index (χ4n) is 1.38. The summed E-state index contributed by atoms with van der Waals surface area (Å²) in [6.45, 7) is 4.26. The van der Waals surface area contributed by atoms with Crippen molar-refractivity contribution in [1.82, 2.24) is 0 Å². The predicted octanol–water partition coefficient (Wildman–Crippen LogP) is 1.55. The summed E-state index contributed by atoms with van der Waals surface area (Å²) in [7, 11) is 5.93. The van der Waals surface area contributed by atoms with Gasteiger partial charge in [0, 0.05) is 0 Å². The van der Waals surface area contributed by atoms with E-state index >= 15 is 0 Å². The SMILES string of the molecule is [B]C(CCCC)C1COCCO1. The topological polar surface area (TPSA) is 18.5 Å². The Balaban J connectivity index is 2.15. The van der Waals surface area contributed by atoms with Crippen LogP contribution in [-0.2, 0) is 9.47 Å². The maximum atomic E-state index is 5.93. The molecule has 0 aromatic heterocycles. The molecule has 1 fully saturated rings. The zero-order valence-electron chi connectivity index (χ0n) is 7.79. The summed E-state index contributed by atoms with van der Waals surface area (Å²) in [5, 5.41) is 0. The van der Waals surface area contributed by atoms with Crippen LogP contribution in [-0.4, -0.2) is 33.8 Å². The minimum absolute atomic E-state index is 0.130. The Morgan fingerprint density at radius 2 is 2.33 bits per heavy atom. The standard InChI is InChI=1S/C9H17BO2/c1-2-3-4-8(10)9-7-11-5-6-12-9/h8-9H,2-7H2,1H3. The van der Waals surface area contributed by atoms with Crippen molar-refractivity contribution in [2.75, 3.05) is 19.8 Å². The Morgan fingerprint density at radius 3 is 2.92 bits per heavy atom. The fourth-order valence-corrected chi connectivity index (χ4v) is 1.38. The van der Waals surface area contributed by atoms with Crippen LogP contribution in [0, 0.1) is 0 Å². The lowest BCUT2D eigenvalue weighted by Crippen LogP contribution is -2.32. The average molecular weight is 168 g/mol. The summed E-state index contributed by atoms with van der Waals surface area (Å²) >= 11 is 0. The van der Waals surface area contributed by atoms with Crippen LogP contribution in [0.4, 0.5) is 0 Å². The number of unbranched alkanes of at least 4 members (excludes halogenated alkanes) is 1. The molecule has 0 aliphatic carbocycles. The maximum absolute atomic E-state index is 5.93. The van der Waals surface area contributed by atoms with Gasteiger partial charge in [-0.3, -0.25) is 0 Å². The Labute approximate surface area is 76.0 Å². The van der Waals surface area contributed by atoms with E-state index in [0.717, 1.165) is 13.0 Å². The van der Waals surface area contributed by atoms with Crippen molar-refractivity contribution < 1.29 is 9.47 Å². The monoisotopic (exact) mass is 168 g/mol. The van der Waals surface area contributed by atoms with E-state index in [9.17, 15) is 0 Å². The highest BCUT2D eigenvalue weighted by Crippen LogP contribution is 2.20. The van der Waals surface area contributed by atoms with Crippen molar-refractivity contribution in [3.05, 3.63) is 0 Å². The third kappa shape index (κ3) is 3.15. The maximum Gasteiger partial charge on any atom is 0.0760 e. The summed E-state index contributed by atoms with van der Waals surface area (Å²) in [4.78, 5) is 0. The minimum atomic E-state index is 0.130. The number of ether oxygens (including phenoxy) is 2. The Morgan fingerprint density at radius 1 is 1.50 bits per heavy atom. The first-order chi connectivity index (χ1) is 5.84. The molecule has 2 unspecified atom stereocenters. The van der Waals surface area contributed by atoms with Crippen molar-refractivity contribution in [3.63, 3.8) is 0 Å². The fraction of sp³-hybridized carbons (Fsp3) is 1.00. The van der Waals surface area contributed by atoms with Crippen molar-refractivity contribution in [2.24, 2.45) is 0 Å². The van der Waals surface area contributed by atoms with Crippen LogP contribution in [0.25, 0.3) is 0 Å². The van der Waals surface area contributed by atoms with Gasteiger partial charge < -0.3 is 9.47 Å². The zero-order chi connectivity index (χ0) is 8.81. The Bertz CT molecular complexity index is 113. The summed E-state index contributed by atoms with van der Waals surface area (Å²) in [6.07, 6.45) is 3.55. The molecule has 12 heavy (non-hydrogen) atoms. The molecule has 1 aliphatic heterocycles. The largest absolute Gasteiger partial charge is 0.376 e. The zero-order valence-corrected chi connectivity index (χ0v) is 7.79. The van der Waals surface area contributed by atoms with E-state index in [4.69, 9.17) is 17.3 Å². The second-order valence-electron chi connectivity index (χ2n) is 3.29. The molecule has 68 valence electrons. The summed E-state index contributed by atoms with van der Waals surface area (Å²) in [5.41, 5.74) is 0. The van der Waals surface area contributed by atoms with Crippen LogP contribution in [0.15, 0.2) is 0 Å². The summed E-state index contributed by atoms with van der Waals surface area (Å²) in [6, 6.07) is 0. The van der Waals surface area contributed by atoms with Crippen molar-refractivity contribution in [3.8, 4) is 0 Å². The highest BCUT2D eigenvalue weighted by molar-refractivity contribution is 6.12. The predicted molar refractivity (Wildman–Crippen MR) is 49.6 cm³/mol. The molecule has 0 aromatic carbocycles. The van der Waals surface area contributed by atoms with E-state index in [1.165, 1.54) is 12.8 Å². The molecule has 2 nitrogen and oxygen atoms in total. The molecule has 0 spiro atoms. The molecule has 0 amide bonds. The molecule has 2 atom stereocenters. The van der Waals surface area contributed by atoms with Gasteiger partial charge in [-0.15, -0.1) is 0 Å². The van der Waals surface area contributed by atoms with E-state index < -0.39 is 0 Å². The smallest absolute Gasteiger partial charge is 0.0760 e. The van der Waals surface area contributed by atoms with Crippen molar-refractivity contribution in [2.45, 2.75) is 38.1 Å². The van der Waals surface area contributed by atoms with Crippen LogP contribution >= 0.6 is 0 Å². The third-order valence-corrected chi connectivity index (χ3v) is 2.21. The first kappa shape index (κ1) is 10.1. The molecule has 1 rings (SSSR count). The van der Waals surface area contributed by atoms with E-state index in [1.54, 1.807) is 0 Å². The lowest BCUT2D eigenvalue weighted by Gasteiger charge is -2.28. The first-order valence-corrected chi connectivity index (χ1v) is 4.79. The van der Waals surface area contributed by atoms with Crippen LogP contribution in [0.2, 0.25) is 5.82 Å². The van der Waals surface area contributed by atoms with Crippen LogP contribution in [0.5, 0.6) is 0 Å². The second-order valence-corrected chi connectivity index (χ2v) is 3.29. The normalized spacial score (nSPS) is 26.9. The van der Waals surface area contributed by atoms with Crippen molar-refractivity contribution in [1.29, 1.82) is 0 Å². The number of rotatable bonds is 4. The van der Waals surface area contributed by atoms with Gasteiger partial charge in [0.2, 0.25) is 0 Å². The molecule has 1 heterocycles. The van der Waals surface area contributed by atoms with E-state index in [1.807, 2.05) is 0 Å². The van der Waals surface area contributed by atoms with Crippen LogP contribution in [0.1, 0.15) is 26.2 Å². The van der Waals surface area contributed by atoms with E-state index in [0.29, 0.717) is 13.2 Å². The molecule has 2 radical (unpaired) electrons. The molecular formula is C9H17BO2. The van der Waals surface area contributed by atoms with Gasteiger partial charge in [-0.2, -0.15) is 0 Å². The van der Waals surface area contributed by atoms with Gasteiger partial charge in [0.1, 0.15) is 0 Å². The minimum Gasteiger partial charge on any atom is -0.376 e. The van der Waals surface area contributed by atoms with E-state index in [2.05, 4.69) is 6.92 Å². The quantitative estimate of drug-likeness (QED) is 0.593. The van der Waals surface area contributed by atoms with Gasteiger partial charge in [0.05, 0.1) is 33.8 Å². The van der Waals surface area contributed by atoms with Gasteiger partial charge in [-0.25, -0.2) is 0 Å². The Kier molecular flexibility index (Phi) is 4.70. The van der Waals surface area contributed by atoms with Gasteiger partial charge in [-0.1, -0.05) is 26.2 Å². The third-order valence-electron chi connectivity index (χ3n) is 2.21. The molecule has 1 saturated heterocycles. The summed E-state index contributed by atoms with van der Waals surface area (Å²) in [5.74, 6) is 0.158. The van der Waals surface area contributed by atoms with Gasteiger partial charge >= 0.3 is 0 Å². The lowest BCUT2D eigenvalue weighted by molar-refractivity contribution is -0.0906. The number of hydrogen-bond acceptors (Lipinski definition) is 2. The lowest BCUT2D eigenvalue weighted by atomic mass is 9.78. The van der Waals surface area contributed by atoms with Crippen LogP contribution < -0.4 is 0 Å². The first-order valence-electron chi connectivity index (χ1n) is 4.79. The molecule has 0 aromatic rings. The molecule has 3 heteroatoms. The molecule has 1 aliphatic rings. The summed E-state index contributed by atoms with van der Waals surface area (Å²) < 4.78 is 10.8. The average Bonchev–Trinajstić information content (AvgIpc) is 2.15. The molecular weight excluding hydrogens is 151 g/mol. The van der Waals surface area contributed by atoms with Gasteiger partial charge in [-0.05, 0) is 5.82 Å². The Hall–Kier alpha value is -0.0151. The van der Waals surface area contributed by atoms with Gasteiger partial charge in [0.25, 0.3) is 0 Å². The van der Waals surface area contributed by atoms with Crippen LogP contribution in [0.3, 0.4) is 0 Å². The van der Waals surface area contributed by atoms with Crippen molar-refractivity contribution >= 4 is 7.85 Å². The van der Waals surface area contributed by atoms with E-state index in [-0.39, 0.29) is 11.9 Å². The van der Waals surface area contributed by atoms with Gasteiger partial charge in [0.15, 0.2) is 0 Å². The second kappa shape index (κ2) is 5.60. The molecule has 0 bridgehead atoms.